The molecule has 1 N–H and O–H groups in total. The molecule has 2 rings (SSSR count). The molecule has 0 aliphatic rings. The second-order valence-electron chi connectivity index (χ2n) is 3.90. The predicted octanol–water partition coefficient (Wildman–Crippen LogP) is 4.51. The highest BCUT2D eigenvalue weighted by Crippen LogP contribution is 2.25. The molecular formula is C13H13BrClN3. The molecule has 1 heterocycles. The summed E-state index contributed by atoms with van der Waals surface area (Å²) in [6, 6.07) is 7.83. The summed E-state index contributed by atoms with van der Waals surface area (Å²) in [7, 11) is 0. The summed E-state index contributed by atoms with van der Waals surface area (Å²) < 4.78 is 1.07. The molecule has 0 saturated heterocycles. The second kappa shape index (κ2) is 5.67. The summed E-state index contributed by atoms with van der Waals surface area (Å²) in [5, 5.41) is 3.72. The van der Waals surface area contributed by atoms with Gasteiger partial charge in [0.2, 0.25) is 0 Å². The molecule has 1 aromatic heterocycles. The lowest BCUT2D eigenvalue weighted by atomic mass is 10.1. The van der Waals surface area contributed by atoms with Crippen molar-refractivity contribution in [2.24, 2.45) is 0 Å². The normalized spacial score (nSPS) is 10.4. The summed E-state index contributed by atoms with van der Waals surface area (Å²) in [6.45, 7) is 3.94. The van der Waals surface area contributed by atoms with Crippen molar-refractivity contribution in [3.05, 3.63) is 45.3 Å². The summed E-state index contributed by atoms with van der Waals surface area (Å²) in [5.74, 6) is 1.37. The number of benzene rings is 1. The lowest BCUT2D eigenvalue weighted by Crippen LogP contribution is -1.99. The van der Waals surface area contributed by atoms with Crippen LogP contribution in [0.3, 0.4) is 0 Å². The van der Waals surface area contributed by atoms with Gasteiger partial charge in [0.15, 0.2) is 0 Å². The van der Waals surface area contributed by atoms with Crippen LogP contribution in [0.2, 0.25) is 5.15 Å². The fourth-order valence-corrected chi connectivity index (χ4v) is 2.34. The van der Waals surface area contributed by atoms with Crippen LogP contribution in [0.25, 0.3) is 0 Å². The van der Waals surface area contributed by atoms with E-state index in [4.69, 9.17) is 11.6 Å². The van der Waals surface area contributed by atoms with Gasteiger partial charge in [0.25, 0.3) is 0 Å². The molecule has 18 heavy (non-hydrogen) atoms. The molecule has 0 aliphatic heterocycles. The van der Waals surface area contributed by atoms with Crippen LogP contribution in [0.4, 0.5) is 11.5 Å². The third kappa shape index (κ3) is 3.21. The number of halogens is 2. The molecule has 0 fully saturated rings. The molecule has 3 nitrogen and oxygen atoms in total. The molecule has 0 spiro atoms. The zero-order valence-corrected chi connectivity index (χ0v) is 12.5. The predicted molar refractivity (Wildman–Crippen MR) is 78.6 cm³/mol. The minimum atomic E-state index is 0.445. The molecule has 1 aromatic carbocycles. The number of hydrogen-bond donors (Lipinski definition) is 1. The van der Waals surface area contributed by atoms with Gasteiger partial charge in [0.05, 0.1) is 0 Å². The number of anilines is 2. The molecule has 0 radical (unpaired) electrons. The van der Waals surface area contributed by atoms with E-state index in [1.54, 1.807) is 6.07 Å². The summed E-state index contributed by atoms with van der Waals surface area (Å²) in [5.41, 5.74) is 2.26. The van der Waals surface area contributed by atoms with Crippen LogP contribution >= 0.6 is 27.5 Å². The van der Waals surface area contributed by atoms with Gasteiger partial charge in [0, 0.05) is 16.2 Å². The Morgan fingerprint density at radius 1 is 1.28 bits per heavy atom. The highest BCUT2D eigenvalue weighted by Gasteiger charge is 2.05. The van der Waals surface area contributed by atoms with E-state index in [0.717, 1.165) is 16.6 Å². The van der Waals surface area contributed by atoms with E-state index >= 15 is 0 Å². The minimum Gasteiger partial charge on any atom is -0.340 e. The summed E-state index contributed by atoms with van der Waals surface area (Å²) in [4.78, 5) is 8.35. The molecule has 2 aromatic rings. The van der Waals surface area contributed by atoms with Gasteiger partial charge < -0.3 is 5.32 Å². The van der Waals surface area contributed by atoms with Gasteiger partial charge in [-0.25, -0.2) is 9.97 Å². The molecule has 0 saturated carbocycles. The first-order valence-electron chi connectivity index (χ1n) is 5.65. The maximum absolute atomic E-state index is 5.92. The van der Waals surface area contributed by atoms with Gasteiger partial charge in [-0.2, -0.15) is 0 Å². The van der Waals surface area contributed by atoms with Gasteiger partial charge in [-0.15, -0.1) is 0 Å². The Morgan fingerprint density at radius 3 is 2.72 bits per heavy atom. The van der Waals surface area contributed by atoms with E-state index in [9.17, 15) is 0 Å². The number of rotatable bonds is 3. The number of nitrogens with one attached hydrogen (secondary N) is 1. The van der Waals surface area contributed by atoms with Crippen molar-refractivity contribution in [1.29, 1.82) is 0 Å². The molecule has 0 amide bonds. The van der Waals surface area contributed by atoms with Crippen LogP contribution < -0.4 is 5.32 Å². The zero-order valence-electron chi connectivity index (χ0n) is 10.2. The fourth-order valence-electron chi connectivity index (χ4n) is 1.71. The van der Waals surface area contributed by atoms with E-state index in [1.807, 2.05) is 19.1 Å². The summed E-state index contributed by atoms with van der Waals surface area (Å²) >= 11 is 9.39. The molecule has 0 unspecified atom stereocenters. The maximum Gasteiger partial charge on any atom is 0.135 e. The van der Waals surface area contributed by atoms with Gasteiger partial charge in [-0.3, -0.25) is 0 Å². The summed E-state index contributed by atoms with van der Waals surface area (Å²) in [6.07, 6.45) is 0.944. The SMILES string of the molecule is CCc1cc(Br)ccc1Nc1cc(Cl)nc(C)n1. The molecule has 5 heteroatoms. The van der Waals surface area contributed by atoms with Crippen molar-refractivity contribution >= 4 is 39.0 Å². The third-order valence-corrected chi connectivity index (χ3v) is 3.20. The van der Waals surface area contributed by atoms with E-state index < -0.39 is 0 Å². The fraction of sp³-hybridized carbons (Fsp3) is 0.231. The van der Waals surface area contributed by atoms with Gasteiger partial charge >= 0.3 is 0 Å². The highest BCUT2D eigenvalue weighted by molar-refractivity contribution is 9.10. The van der Waals surface area contributed by atoms with Crippen LogP contribution in [-0.4, -0.2) is 9.97 Å². The van der Waals surface area contributed by atoms with Crippen molar-refractivity contribution in [1.82, 2.24) is 9.97 Å². The number of nitrogens with zero attached hydrogens (tertiary/aromatic N) is 2. The standard InChI is InChI=1S/C13H13BrClN3/c1-3-9-6-10(14)4-5-11(9)18-13-7-12(15)16-8(2)17-13/h4-7H,3H2,1-2H3,(H,16,17,18). The van der Waals surface area contributed by atoms with E-state index in [2.05, 4.69) is 44.2 Å². The van der Waals surface area contributed by atoms with Crippen molar-refractivity contribution < 1.29 is 0 Å². The molecule has 0 atom stereocenters. The minimum absolute atomic E-state index is 0.445. The van der Waals surface area contributed by atoms with Gasteiger partial charge in [-0.1, -0.05) is 34.5 Å². The van der Waals surface area contributed by atoms with Crippen LogP contribution in [0.15, 0.2) is 28.7 Å². The average molecular weight is 327 g/mol. The first-order valence-corrected chi connectivity index (χ1v) is 6.82. The van der Waals surface area contributed by atoms with Crippen LogP contribution in [0.1, 0.15) is 18.3 Å². The zero-order chi connectivity index (χ0) is 13.1. The smallest absolute Gasteiger partial charge is 0.135 e. The topological polar surface area (TPSA) is 37.8 Å². The second-order valence-corrected chi connectivity index (χ2v) is 5.21. The molecule has 0 bridgehead atoms. The molecule has 94 valence electrons. The van der Waals surface area contributed by atoms with Crippen molar-refractivity contribution in [2.45, 2.75) is 20.3 Å². The van der Waals surface area contributed by atoms with Crippen molar-refractivity contribution in [3.63, 3.8) is 0 Å². The Balaban J connectivity index is 2.33. The van der Waals surface area contributed by atoms with Crippen LogP contribution in [-0.2, 0) is 6.42 Å². The number of aryl methyl sites for hydroxylation is 2. The van der Waals surface area contributed by atoms with E-state index in [-0.39, 0.29) is 0 Å². The quantitative estimate of drug-likeness (QED) is 0.843. The first-order chi connectivity index (χ1) is 8.58. The molecular weight excluding hydrogens is 314 g/mol. The van der Waals surface area contributed by atoms with Gasteiger partial charge in [-0.05, 0) is 37.1 Å². The van der Waals surface area contributed by atoms with Crippen LogP contribution in [0, 0.1) is 6.92 Å². The largest absolute Gasteiger partial charge is 0.340 e. The number of hydrogen-bond acceptors (Lipinski definition) is 3. The van der Waals surface area contributed by atoms with Gasteiger partial charge in [0.1, 0.15) is 16.8 Å². The Labute approximate surface area is 120 Å². The maximum atomic E-state index is 5.92. The Kier molecular flexibility index (Phi) is 4.19. The molecule has 0 aliphatic carbocycles. The van der Waals surface area contributed by atoms with Crippen molar-refractivity contribution in [2.75, 3.05) is 5.32 Å². The number of aromatic nitrogens is 2. The Morgan fingerprint density at radius 2 is 2.06 bits per heavy atom. The van der Waals surface area contributed by atoms with E-state index in [0.29, 0.717) is 16.8 Å². The highest BCUT2D eigenvalue weighted by atomic mass is 79.9. The average Bonchev–Trinajstić information content (AvgIpc) is 2.30. The Bertz CT molecular complexity index is 552. The lowest BCUT2D eigenvalue weighted by molar-refractivity contribution is 1.05. The van der Waals surface area contributed by atoms with Crippen LogP contribution in [0.5, 0.6) is 0 Å². The van der Waals surface area contributed by atoms with E-state index in [1.165, 1.54) is 5.56 Å². The van der Waals surface area contributed by atoms with Crippen molar-refractivity contribution in [3.8, 4) is 0 Å². The monoisotopic (exact) mass is 325 g/mol. The lowest BCUT2D eigenvalue weighted by Gasteiger charge is -2.11. The Hall–Kier alpha value is -1.13. The first kappa shape index (κ1) is 13.3. The third-order valence-electron chi connectivity index (χ3n) is 2.52.